The van der Waals surface area contributed by atoms with Crippen LogP contribution in [0.15, 0.2) is 0 Å². The number of rotatable bonds is 6. The molecule has 0 saturated carbocycles. The van der Waals surface area contributed by atoms with Gasteiger partial charge in [0.1, 0.15) is 6.04 Å². The molecule has 1 heterocycles. The highest BCUT2D eigenvalue weighted by molar-refractivity contribution is 5.82. The first kappa shape index (κ1) is 15.8. The number of carbonyl (C=O) groups excluding carboxylic acids is 1. The van der Waals surface area contributed by atoms with Gasteiger partial charge in [-0.25, -0.2) is 9.59 Å². The van der Waals surface area contributed by atoms with Gasteiger partial charge in [-0.2, -0.15) is 0 Å². The highest BCUT2D eigenvalue weighted by atomic mass is 16.5. The summed E-state index contributed by atoms with van der Waals surface area (Å²) in [7, 11) is 0. The van der Waals surface area contributed by atoms with E-state index in [0.717, 1.165) is 19.4 Å². The number of hydrogen-bond acceptors (Lipinski definition) is 3. The van der Waals surface area contributed by atoms with Crippen LogP contribution in [0.4, 0.5) is 4.79 Å². The third-order valence-corrected chi connectivity index (χ3v) is 3.19. The maximum absolute atomic E-state index is 11.8. The van der Waals surface area contributed by atoms with Crippen molar-refractivity contribution in [3.05, 3.63) is 0 Å². The van der Waals surface area contributed by atoms with Crippen LogP contribution in [-0.4, -0.2) is 41.9 Å². The molecule has 110 valence electrons. The molecule has 3 atom stereocenters. The topological polar surface area (TPSA) is 87.7 Å². The molecule has 0 aliphatic carbocycles. The molecule has 0 aromatic rings. The van der Waals surface area contributed by atoms with Crippen LogP contribution in [-0.2, 0) is 9.53 Å². The maximum Gasteiger partial charge on any atom is 0.326 e. The number of carbonyl (C=O) groups is 2. The summed E-state index contributed by atoms with van der Waals surface area (Å²) in [6.07, 6.45) is 2.37. The van der Waals surface area contributed by atoms with Crippen molar-refractivity contribution in [3.8, 4) is 0 Å². The number of carboxylic acids is 1. The van der Waals surface area contributed by atoms with E-state index in [4.69, 9.17) is 9.84 Å². The van der Waals surface area contributed by atoms with Gasteiger partial charge in [-0.3, -0.25) is 0 Å². The molecular weight excluding hydrogens is 248 g/mol. The summed E-state index contributed by atoms with van der Waals surface area (Å²) in [4.78, 5) is 22.8. The molecule has 19 heavy (non-hydrogen) atoms. The van der Waals surface area contributed by atoms with Crippen LogP contribution >= 0.6 is 0 Å². The van der Waals surface area contributed by atoms with Crippen molar-refractivity contribution in [2.24, 2.45) is 5.92 Å². The van der Waals surface area contributed by atoms with Gasteiger partial charge in [-0.1, -0.05) is 13.8 Å². The Morgan fingerprint density at radius 3 is 2.47 bits per heavy atom. The first-order valence-corrected chi connectivity index (χ1v) is 6.81. The van der Waals surface area contributed by atoms with Crippen molar-refractivity contribution >= 4 is 12.0 Å². The lowest BCUT2D eigenvalue weighted by molar-refractivity contribution is -0.139. The first-order valence-electron chi connectivity index (χ1n) is 6.81. The Kier molecular flexibility index (Phi) is 6.08. The van der Waals surface area contributed by atoms with Crippen molar-refractivity contribution in [1.29, 1.82) is 0 Å². The molecule has 0 aromatic heterocycles. The summed E-state index contributed by atoms with van der Waals surface area (Å²) in [6.45, 7) is 6.44. The molecule has 6 nitrogen and oxygen atoms in total. The van der Waals surface area contributed by atoms with Crippen molar-refractivity contribution < 1.29 is 19.4 Å². The molecular formula is C13H24N2O4. The standard InChI is InChI=1S/C13H24N2O4/c1-8(2)7-10(12(16)17)15-13(18)14-9(3)11-5-4-6-19-11/h8-11H,4-7H2,1-3H3,(H,16,17)(H2,14,15,18). The Bertz CT molecular complexity index is 314. The average molecular weight is 272 g/mol. The highest BCUT2D eigenvalue weighted by Gasteiger charge is 2.26. The zero-order chi connectivity index (χ0) is 14.4. The molecule has 1 aliphatic rings. The van der Waals surface area contributed by atoms with Crippen LogP contribution < -0.4 is 10.6 Å². The number of hydrogen-bond donors (Lipinski definition) is 3. The first-order chi connectivity index (χ1) is 8.90. The molecule has 0 radical (unpaired) electrons. The van der Waals surface area contributed by atoms with Gasteiger partial charge in [0.05, 0.1) is 12.1 Å². The minimum Gasteiger partial charge on any atom is -0.480 e. The highest BCUT2D eigenvalue weighted by Crippen LogP contribution is 2.15. The fraction of sp³-hybridized carbons (Fsp3) is 0.846. The van der Waals surface area contributed by atoms with Crippen LogP contribution in [0, 0.1) is 5.92 Å². The molecule has 0 spiro atoms. The predicted molar refractivity (Wildman–Crippen MR) is 71.0 cm³/mol. The van der Waals surface area contributed by atoms with Gasteiger partial charge in [-0.15, -0.1) is 0 Å². The predicted octanol–water partition coefficient (Wildman–Crippen LogP) is 1.35. The molecule has 1 aliphatic heterocycles. The third kappa shape index (κ3) is 5.46. The van der Waals surface area contributed by atoms with Crippen molar-refractivity contribution in [3.63, 3.8) is 0 Å². The molecule has 1 fully saturated rings. The zero-order valence-electron chi connectivity index (χ0n) is 11.8. The monoisotopic (exact) mass is 272 g/mol. The fourth-order valence-corrected chi connectivity index (χ4v) is 2.19. The Labute approximate surface area is 113 Å². The van der Waals surface area contributed by atoms with Gasteiger partial charge in [-0.05, 0) is 32.1 Å². The molecule has 3 unspecified atom stereocenters. The Morgan fingerprint density at radius 2 is 2.00 bits per heavy atom. The van der Waals surface area contributed by atoms with E-state index in [9.17, 15) is 9.59 Å². The summed E-state index contributed by atoms with van der Waals surface area (Å²) in [6, 6.07) is -1.41. The lowest BCUT2D eigenvalue weighted by Gasteiger charge is -2.22. The number of nitrogens with one attached hydrogen (secondary N) is 2. The lowest BCUT2D eigenvalue weighted by atomic mass is 10.0. The van der Waals surface area contributed by atoms with Crippen LogP contribution in [0.25, 0.3) is 0 Å². The van der Waals surface area contributed by atoms with Gasteiger partial charge in [0, 0.05) is 6.61 Å². The quantitative estimate of drug-likeness (QED) is 0.681. The molecule has 6 heteroatoms. The van der Waals surface area contributed by atoms with E-state index in [1.54, 1.807) is 0 Å². The van der Waals surface area contributed by atoms with Gasteiger partial charge in [0.2, 0.25) is 0 Å². The second kappa shape index (κ2) is 7.33. The minimum absolute atomic E-state index is 0.0270. The van der Waals surface area contributed by atoms with Crippen molar-refractivity contribution in [1.82, 2.24) is 10.6 Å². The molecule has 0 bridgehead atoms. The van der Waals surface area contributed by atoms with Crippen LogP contribution in [0.2, 0.25) is 0 Å². The Morgan fingerprint density at radius 1 is 1.32 bits per heavy atom. The number of aliphatic carboxylic acids is 1. The second-order valence-electron chi connectivity index (χ2n) is 5.48. The van der Waals surface area contributed by atoms with Gasteiger partial charge in [0.15, 0.2) is 0 Å². The smallest absolute Gasteiger partial charge is 0.326 e. The number of carboxylic acid groups (broad SMARTS) is 1. The van der Waals surface area contributed by atoms with E-state index < -0.39 is 18.0 Å². The largest absolute Gasteiger partial charge is 0.480 e. The number of urea groups is 1. The van der Waals surface area contributed by atoms with E-state index in [1.807, 2.05) is 20.8 Å². The summed E-state index contributed by atoms with van der Waals surface area (Å²) < 4.78 is 5.47. The maximum atomic E-state index is 11.8. The Hall–Kier alpha value is -1.30. The lowest BCUT2D eigenvalue weighted by Crippen LogP contribution is -2.51. The number of amides is 2. The molecule has 2 amide bonds. The second-order valence-corrected chi connectivity index (χ2v) is 5.48. The van der Waals surface area contributed by atoms with E-state index in [1.165, 1.54) is 0 Å². The van der Waals surface area contributed by atoms with Crippen LogP contribution in [0.1, 0.15) is 40.0 Å². The normalized spacial score (nSPS) is 22.0. The van der Waals surface area contributed by atoms with Crippen molar-refractivity contribution in [2.45, 2.75) is 58.2 Å². The SMILES string of the molecule is CC(C)CC(NC(=O)NC(C)C1CCCO1)C(=O)O. The summed E-state index contributed by atoms with van der Waals surface area (Å²) in [5, 5.41) is 14.3. The minimum atomic E-state index is -1.01. The molecule has 1 saturated heterocycles. The Balaban J connectivity index is 2.41. The van der Waals surface area contributed by atoms with Gasteiger partial charge >= 0.3 is 12.0 Å². The van der Waals surface area contributed by atoms with E-state index in [2.05, 4.69) is 10.6 Å². The average Bonchev–Trinajstić information content (AvgIpc) is 2.80. The van der Waals surface area contributed by atoms with E-state index >= 15 is 0 Å². The summed E-state index contributed by atoms with van der Waals surface area (Å²) >= 11 is 0. The summed E-state index contributed by atoms with van der Waals surface area (Å²) in [5.74, 6) is -0.800. The van der Waals surface area contributed by atoms with E-state index in [-0.39, 0.29) is 18.1 Å². The summed E-state index contributed by atoms with van der Waals surface area (Å²) in [5.41, 5.74) is 0. The van der Waals surface area contributed by atoms with Gasteiger partial charge in [0.25, 0.3) is 0 Å². The third-order valence-electron chi connectivity index (χ3n) is 3.19. The molecule has 1 rings (SSSR count). The zero-order valence-corrected chi connectivity index (χ0v) is 11.8. The fourth-order valence-electron chi connectivity index (χ4n) is 2.19. The van der Waals surface area contributed by atoms with Crippen LogP contribution in [0.5, 0.6) is 0 Å². The van der Waals surface area contributed by atoms with Crippen molar-refractivity contribution in [2.75, 3.05) is 6.61 Å². The van der Waals surface area contributed by atoms with E-state index in [0.29, 0.717) is 6.42 Å². The molecule has 0 aromatic carbocycles. The van der Waals surface area contributed by atoms with Gasteiger partial charge < -0.3 is 20.5 Å². The number of ether oxygens (including phenoxy) is 1. The molecule has 3 N–H and O–H groups in total. The van der Waals surface area contributed by atoms with Crippen LogP contribution in [0.3, 0.4) is 0 Å².